The van der Waals surface area contributed by atoms with Crippen LogP contribution in [0, 0.1) is 5.82 Å². The fourth-order valence-electron chi connectivity index (χ4n) is 1.35. The predicted octanol–water partition coefficient (Wildman–Crippen LogP) is 2.12. The number of amides is 1. The molecule has 1 rings (SSSR count). The number of hydrogen-bond donors (Lipinski definition) is 2. The van der Waals surface area contributed by atoms with Crippen LogP contribution in [0.25, 0.3) is 6.08 Å². The molecule has 1 unspecified atom stereocenters. The van der Waals surface area contributed by atoms with Crippen LogP contribution in [0.15, 0.2) is 30.3 Å². The van der Waals surface area contributed by atoms with Crippen LogP contribution < -0.4 is 5.32 Å². The molecule has 2 N–H and O–H groups in total. The summed E-state index contributed by atoms with van der Waals surface area (Å²) in [4.78, 5) is 11.6. The maximum Gasteiger partial charge on any atom is 0.244 e. The summed E-state index contributed by atoms with van der Waals surface area (Å²) in [6.45, 7) is 3.49. The molecular weight excluding hydrogens is 233 g/mol. The van der Waals surface area contributed by atoms with E-state index >= 15 is 0 Å². The first-order chi connectivity index (χ1) is 8.50. The number of nitrogens with one attached hydrogen (secondary N) is 1. The standard InChI is InChI=1S/C14H18FNO2/c1-3-14(2,10-17)16-13(18)9-8-11-6-4-5-7-12(11)15/h4-9,17H,3,10H2,1-2H3,(H,16,18). The summed E-state index contributed by atoms with van der Waals surface area (Å²) in [6, 6.07) is 6.21. The molecule has 0 aliphatic carbocycles. The van der Waals surface area contributed by atoms with Crippen molar-refractivity contribution in [2.24, 2.45) is 0 Å². The first-order valence-electron chi connectivity index (χ1n) is 5.86. The van der Waals surface area contributed by atoms with Gasteiger partial charge in [-0.2, -0.15) is 0 Å². The molecule has 0 aliphatic heterocycles. The Morgan fingerprint density at radius 1 is 1.50 bits per heavy atom. The van der Waals surface area contributed by atoms with Crippen LogP contribution in [0.5, 0.6) is 0 Å². The monoisotopic (exact) mass is 251 g/mol. The lowest BCUT2D eigenvalue weighted by Gasteiger charge is -2.26. The van der Waals surface area contributed by atoms with E-state index in [1.807, 2.05) is 6.92 Å². The third-order valence-corrected chi connectivity index (χ3v) is 2.87. The minimum Gasteiger partial charge on any atom is -0.394 e. The lowest BCUT2D eigenvalue weighted by molar-refractivity contribution is -0.118. The molecule has 1 aromatic carbocycles. The Balaban J connectivity index is 2.68. The molecule has 1 amide bonds. The van der Waals surface area contributed by atoms with E-state index in [0.717, 1.165) is 0 Å². The summed E-state index contributed by atoms with van der Waals surface area (Å²) < 4.78 is 13.3. The molecule has 98 valence electrons. The second kappa shape index (κ2) is 6.31. The Labute approximate surface area is 106 Å². The molecule has 0 fully saturated rings. The smallest absolute Gasteiger partial charge is 0.244 e. The van der Waals surface area contributed by atoms with Crippen molar-refractivity contribution in [2.75, 3.05) is 6.61 Å². The number of aliphatic hydroxyl groups is 1. The molecule has 4 heteroatoms. The summed E-state index contributed by atoms with van der Waals surface area (Å²) in [7, 11) is 0. The molecule has 0 aromatic heterocycles. The van der Waals surface area contributed by atoms with E-state index in [9.17, 15) is 9.18 Å². The predicted molar refractivity (Wildman–Crippen MR) is 69.4 cm³/mol. The van der Waals surface area contributed by atoms with E-state index in [-0.39, 0.29) is 18.3 Å². The molecule has 18 heavy (non-hydrogen) atoms. The highest BCUT2D eigenvalue weighted by Crippen LogP contribution is 2.10. The van der Waals surface area contributed by atoms with Gasteiger partial charge in [-0.3, -0.25) is 4.79 Å². The highest BCUT2D eigenvalue weighted by atomic mass is 19.1. The summed E-state index contributed by atoms with van der Waals surface area (Å²) in [6.07, 6.45) is 3.29. The molecular formula is C14H18FNO2. The molecule has 0 saturated heterocycles. The molecule has 0 saturated carbocycles. The van der Waals surface area contributed by atoms with E-state index in [1.165, 1.54) is 18.2 Å². The summed E-state index contributed by atoms with van der Waals surface area (Å²) in [5.41, 5.74) is -0.286. The van der Waals surface area contributed by atoms with Gasteiger partial charge in [-0.05, 0) is 25.5 Å². The second-order valence-corrected chi connectivity index (χ2v) is 4.42. The van der Waals surface area contributed by atoms with Gasteiger partial charge in [-0.1, -0.05) is 25.1 Å². The third kappa shape index (κ3) is 3.96. The van der Waals surface area contributed by atoms with Gasteiger partial charge in [0.1, 0.15) is 5.82 Å². The van der Waals surface area contributed by atoms with Crippen molar-refractivity contribution in [3.8, 4) is 0 Å². The second-order valence-electron chi connectivity index (χ2n) is 4.42. The first kappa shape index (κ1) is 14.4. The van der Waals surface area contributed by atoms with Gasteiger partial charge in [-0.15, -0.1) is 0 Å². The third-order valence-electron chi connectivity index (χ3n) is 2.87. The van der Waals surface area contributed by atoms with Crippen LogP contribution in [0.3, 0.4) is 0 Å². The molecule has 1 aromatic rings. The largest absolute Gasteiger partial charge is 0.394 e. The van der Waals surface area contributed by atoms with E-state index in [4.69, 9.17) is 5.11 Å². The Kier molecular flexibility index (Phi) is 5.04. The van der Waals surface area contributed by atoms with Crippen molar-refractivity contribution in [3.05, 3.63) is 41.7 Å². The van der Waals surface area contributed by atoms with Crippen molar-refractivity contribution in [3.63, 3.8) is 0 Å². The Morgan fingerprint density at radius 2 is 2.17 bits per heavy atom. The minimum atomic E-state index is -0.642. The zero-order valence-corrected chi connectivity index (χ0v) is 10.6. The maximum atomic E-state index is 13.3. The topological polar surface area (TPSA) is 49.3 Å². The van der Waals surface area contributed by atoms with Gasteiger partial charge in [0, 0.05) is 11.6 Å². The molecule has 0 heterocycles. The summed E-state index contributed by atoms with van der Waals surface area (Å²) >= 11 is 0. The van der Waals surface area contributed by atoms with Crippen LogP contribution in [-0.4, -0.2) is 23.2 Å². The van der Waals surface area contributed by atoms with Gasteiger partial charge in [0.25, 0.3) is 0 Å². The molecule has 0 aliphatic rings. The summed E-state index contributed by atoms with van der Waals surface area (Å²) in [5.74, 6) is -0.724. The number of halogens is 1. The number of carbonyl (C=O) groups is 1. The minimum absolute atomic E-state index is 0.136. The Morgan fingerprint density at radius 3 is 2.72 bits per heavy atom. The van der Waals surface area contributed by atoms with Gasteiger partial charge < -0.3 is 10.4 Å². The average Bonchev–Trinajstić information content (AvgIpc) is 2.37. The number of carbonyl (C=O) groups excluding carboxylic acids is 1. The summed E-state index contributed by atoms with van der Waals surface area (Å²) in [5, 5.41) is 11.8. The maximum absolute atomic E-state index is 13.3. The van der Waals surface area contributed by atoms with Gasteiger partial charge in [-0.25, -0.2) is 4.39 Å². The Bertz CT molecular complexity index is 439. The van der Waals surface area contributed by atoms with Gasteiger partial charge in [0.15, 0.2) is 0 Å². The van der Waals surface area contributed by atoms with Crippen molar-refractivity contribution in [2.45, 2.75) is 25.8 Å². The fraction of sp³-hybridized carbons (Fsp3) is 0.357. The van der Waals surface area contributed by atoms with E-state index in [2.05, 4.69) is 5.32 Å². The van der Waals surface area contributed by atoms with Crippen molar-refractivity contribution in [1.82, 2.24) is 5.32 Å². The van der Waals surface area contributed by atoms with Crippen LogP contribution in [-0.2, 0) is 4.79 Å². The fourth-order valence-corrected chi connectivity index (χ4v) is 1.35. The number of benzene rings is 1. The molecule has 0 radical (unpaired) electrons. The van der Waals surface area contributed by atoms with E-state index in [1.54, 1.807) is 25.1 Å². The SMILES string of the molecule is CCC(C)(CO)NC(=O)C=Cc1ccccc1F. The number of hydrogen-bond acceptors (Lipinski definition) is 2. The molecule has 1 atom stereocenters. The van der Waals surface area contributed by atoms with Crippen LogP contribution >= 0.6 is 0 Å². The molecule has 0 spiro atoms. The highest BCUT2D eigenvalue weighted by molar-refractivity contribution is 5.92. The lowest BCUT2D eigenvalue weighted by atomic mass is 10.0. The van der Waals surface area contributed by atoms with Crippen molar-refractivity contribution >= 4 is 12.0 Å². The van der Waals surface area contributed by atoms with Gasteiger partial charge in [0.2, 0.25) is 5.91 Å². The molecule has 0 bridgehead atoms. The zero-order chi connectivity index (χ0) is 13.6. The van der Waals surface area contributed by atoms with E-state index in [0.29, 0.717) is 12.0 Å². The zero-order valence-electron chi connectivity index (χ0n) is 10.6. The van der Waals surface area contributed by atoms with Gasteiger partial charge in [0.05, 0.1) is 12.1 Å². The Hall–Kier alpha value is -1.68. The average molecular weight is 251 g/mol. The number of rotatable bonds is 5. The normalized spacial score (nSPS) is 14.4. The van der Waals surface area contributed by atoms with Crippen LogP contribution in [0.2, 0.25) is 0 Å². The molecule has 3 nitrogen and oxygen atoms in total. The number of aliphatic hydroxyl groups excluding tert-OH is 1. The van der Waals surface area contributed by atoms with Crippen LogP contribution in [0.1, 0.15) is 25.8 Å². The van der Waals surface area contributed by atoms with E-state index < -0.39 is 5.54 Å². The highest BCUT2D eigenvalue weighted by Gasteiger charge is 2.21. The van der Waals surface area contributed by atoms with Crippen molar-refractivity contribution in [1.29, 1.82) is 0 Å². The van der Waals surface area contributed by atoms with Gasteiger partial charge >= 0.3 is 0 Å². The first-order valence-corrected chi connectivity index (χ1v) is 5.86. The quantitative estimate of drug-likeness (QED) is 0.787. The van der Waals surface area contributed by atoms with Crippen LogP contribution in [0.4, 0.5) is 4.39 Å². The van der Waals surface area contributed by atoms with Crippen molar-refractivity contribution < 1.29 is 14.3 Å². The lowest BCUT2D eigenvalue weighted by Crippen LogP contribution is -2.47.